The van der Waals surface area contributed by atoms with E-state index in [0.29, 0.717) is 32.3 Å². The van der Waals surface area contributed by atoms with Crippen LogP contribution in [0.25, 0.3) is 0 Å². The molecule has 1 aliphatic rings. The fourth-order valence-electron chi connectivity index (χ4n) is 2.23. The Morgan fingerprint density at radius 2 is 2.17 bits per heavy atom. The molecule has 0 heterocycles. The lowest BCUT2D eigenvalue weighted by Gasteiger charge is -2.27. The topological polar surface area (TPSA) is 92.7 Å². The maximum Gasteiger partial charge on any atom is 0.306 e. The molecule has 0 aromatic heterocycles. The molecule has 0 saturated heterocycles. The van der Waals surface area contributed by atoms with Gasteiger partial charge in [0.05, 0.1) is 11.7 Å². The average Bonchev–Trinajstić information content (AvgIpc) is 2.28. The number of sulfonamides is 1. The summed E-state index contributed by atoms with van der Waals surface area (Å²) in [6.07, 6.45) is 2.94. The number of aliphatic carboxylic acids is 1. The van der Waals surface area contributed by atoms with E-state index in [9.17, 15) is 13.2 Å². The van der Waals surface area contributed by atoms with Gasteiger partial charge in [0.15, 0.2) is 0 Å². The molecule has 1 fully saturated rings. The van der Waals surface area contributed by atoms with Crippen molar-refractivity contribution in [2.24, 2.45) is 5.92 Å². The van der Waals surface area contributed by atoms with E-state index in [1.165, 1.54) is 7.11 Å². The molecule has 7 heteroatoms. The molecule has 1 saturated carbocycles. The molecule has 0 spiro atoms. The molecule has 2 atom stereocenters. The fraction of sp³-hybridized carbons (Fsp3) is 0.909. The summed E-state index contributed by atoms with van der Waals surface area (Å²) in [4.78, 5) is 10.9. The zero-order valence-corrected chi connectivity index (χ0v) is 11.4. The Kier molecular flexibility index (Phi) is 6.04. The van der Waals surface area contributed by atoms with E-state index in [1.807, 2.05) is 0 Å². The predicted octanol–water partition coefficient (Wildman–Crippen LogP) is 0.586. The normalized spacial score (nSPS) is 24.9. The minimum atomic E-state index is -3.33. The standard InChI is InChI=1S/C11H21NO5S/c1-17-6-3-7-18(15,16)12-10-5-2-4-9(8-10)11(13)14/h9-10,12H,2-8H2,1H3,(H,13,14). The number of carbonyl (C=O) groups is 1. The van der Waals surface area contributed by atoms with E-state index >= 15 is 0 Å². The zero-order chi connectivity index (χ0) is 13.6. The van der Waals surface area contributed by atoms with Crippen LogP contribution < -0.4 is 4.72 Å². The highest BCUT2D eigenvalue weighted by Gasteiger charge is 2.29. The van der Waals surface area contributed by atoms with Gasteiger partial charge in [-0.1, -0.05) is 6.42 Å². The first kappa shape index (κ1) is 15.4. The summed E-state index contributed by atoms with van der Waals surface area (Å²) >= 11 is 0. The Bertz CT molecular complexity index is 368. The van der Waals surface area contributed by atoms with Gasteiger partial charge >= 0.3 is 5.97 Å². The summed E-state index contributed by atoms with van der Waals surface area (Å²) in [5, 5.41) is 8.93. The van der Waals surface area contributed by atoms with Crippen molar-refractivity contribution in [3.05, 3.63) is 0 Å². The van der Waals surface area contributed by atoms with Crippen LogP contribution in [0.1, 0.15) is 32.1 Å². The summed E-state index contributed by atoms with van der Waals surface area (Å²) in [5.41, 5.74) is 0. The quantitative estimate of drug-likeness (QED) is 0.665. The van der Waals surface area contributed by atoms with E-state index in [4.69, 9.17) is 9.84 Å². The first-order chi connectivity index (χ1) is 8.44. The lowest BCUT2D eigenvalue weighted by Crippen LogP contribution is -2.41. The molecule has 0 bridgehead atoms. The van der Waals surface area contributed by atoms with Gasteiger partial charge in [-0.3, -0.25) is 4.79 Å². The van der Waals surface area contributed by atoms with Crippen LogP contribution in [0.3, 0.4) is 0 Å². The van der Waals surface area contributed by atoms with Crippen molar-refractivity contribution >= 4 is 16.0 Å². The minimum Gasteiger partial charge on any atom is -0.481 e. The van der Waals surface area contributed by atoms with E-state index in [-0.39, 0.29) is 11.8 Å². The molecule has 0 amide bonds. The highest BCUT2D eigenvalue weighted by atomic mass is 32.2. The Balaban J connectivity index is 2.43. The molecule has 1 rings (SSSR count). The van der Waals surface area contributed by atoms with Crippen molar-refractivity contribution in [2.75, 3.05) is 19.5 Å². The van der Waals surface area contributed by atoms with Gasteiger partial charge in [0, 0.05) is 19.8 Å². The molecule has 18 heavy (non-hydrogen) atoms. The molecule has 0 aromatic carbocycles. The second-order valence-corrected chi connectivity index (χ2v) is 6.56. The van der Waals surface area contributed by atoms with Crippen molar-refractivity contribution in [3.63, 3.8) is 0 Å². The number of hydrogen-bond acceptors (Lipinski definition) is 4. The lowest BCUT2D eigenvalue weighted by molar-refractivity contribution is -0.143. The highest BCUT2D eigenvalue weighted by molar-refractivity contribution is 7.89. The van der Waals surface area contributed by atoms with Gasteiger partial charge in [-0.25, -0.2) is 13.1 Å². The first-order valence-corrected chi connectivity index (χ1v) is 7.81. The smallest absolute Gasteiger partial charge is 0.306 e. The number of carboxylic acid groups (broad SMARTS) is 1. The second-order valence-electron chi connectivity index (χ2n) is 4.68. The molecular formula is C11H21NO5S. The number of nitrogens with one attached hydrogen (secondary N) is 1. The van der Waals surface area contributed by atoms with Crippen LogP contribution in [0.15, 0.2) is 0 Å². The summed E-state index contributed by atoms with van der Waals surface area (Å²) in [6, 6.07) is -0.243. The summed E-state index contributed by atoms with van der Waals surface area (Å²) in [6.45, 7) is 0.406. The number of rotatable bonds is 7. The van der Waals surface area contributed by atoms with E-state index in [0.717, 1.165) is 6.42 Å². The molecule has 0 aromatic rings. The summed E-state index contributed by atoms with van der Waals surface area (Å²) < 4.78 is 30.9. The zero-order valence-electron chi connectivity index (χ0n) is 10.6. The van der Waals surface area contributed by atoms with Crippen LogP contribution >= 0.6 is 0 Å². The third kappa shape index (κ3) is 5.32. The Morgan fingerprint density at radius 3 is 2.78 bits per heavy atom. The second kappa shape index (κ2) is 7.06. The predicted molar refractivity (Wildman–Crippen MR) is 66.8 cm³/mol. The van der Waals surface area contributed by atoms with Gasteiger partial charge in [0.1, 0.15) is 0 Å². The van der Waals surface area contributed by atoms with E-state index in [2.05, 4.69) is 4.72 Å². The SMILES string of the molecule is COCCCS(=O)(=O)NC1CCCC(C(=O)O)C1. The lowest BCUT2D eigenvalue weighted by atomic mass is 9.86. The van der Waals surface area contributed by atoms with E-state index < -0.39 is 21.9 Å². The van der Waals surface area contributed by atoms with Gasteiger partial charge in [-0.2, -0.15) is 0 Å². The Labute approximate surface area is 108 Å². The molecular weight excluding hydrogens is 258 g/mol. The largest absolute Gasteiger partial charge is 0.481 e. The molecule has 2 unspecified atom stereocenters. The number of ether oxygens (including phenoxy) is 1. The maximum atomic E-state index is 11.7. The van der Waals surface area contributed by atoms with Gasteiger partial charge in [-0.05, 0) is 25.7 Å². The fourth-order valence-corrected chi connectivity index (χ4v) is 3.56. The monoisotopic (exact) mass is 279 g/mol. The van der Waals surface area contributed by atoms with Crippen LogP contribution in [0.5, 0.6) is 0 Å². The third-order valence-corrected chi connectivity index (χ3v) is 4.65. The number of methoxy groups -OCH3 is 1. The van der Waals surface area contributed by atoms with Crippen LogP contribution in [0.4, 0.5) is 0 Å². The maximum absolute atomic E-state index is 11.7. The van der Waals surface area contributed by atoms with Gasteiger partial charge in [0.25, 0.3) is 0 Å². The van der Waals surface area contributed by atoms with Crippen LogP contribution in [0.2, 0.25) is 0 Å². The van der Waals surface area contributed by atoms with Gasteiger partial charge < -0.3 is 9.84 Å². The molecule has 0 aliphatic heterocycles. The summed E-state index contributed by atoms with van der Waals surface area (Å²) in [7, 11) is -1.80. The summed E-state index contributed by atoms with van der Waals surface area (Å²) in [5.74, 6) is -1.24. The van der Waals surface area contributed by atoms with Crippen molar-refractivity contribution in [1.82, 2.24) is 4.72 Å². The van der Waals surface area contributed by atoms with Crippen LogP contribution in [-0.2, 0) is 19.6 Å². The highest BCUT2D eigenvalue weighted by Crippen LogP contribution is 2.24. The van der Waals surface area contributed by atoms with E-state index in [1.54, 1.807) is 0 Å². The van der Waals surface area contributed by atoms with Crippen molar-refractivity contribution < 1.29 is 23.1 Å². The number of hydrogen-bond donors (Lipinski definition) is 2. The molecule has 106 valence electrons. The Morgan fingerprint density at radius 1 is 1.44 bits per heavy atom. The van der Waals surface area contributed by atoms with Crippen molar-refractivity contribution in [1.29, 1.82) is 0 Å². The number of carboxylic acids is 1. The van der Waals surface area contributed by atoms with Crippen LogP contribution in [0, 0.1) is 5.92 Å². The van der Waals surface area contributed by atoms with Gasteiger partial charge in [-0.15, -0.1) is 0 Å². The molecule has 0 radical (unpaired) electrons. The first-order valence-electron chi connectivity index (χ1n) is 6.16. The molecule has 2 N–H and O–H groups in total. The Hall–Kier alpha value is -0.660. The average molecular weight is 279 g/mol. The minimum absolute atomic E-state index is 0.0229. The van der Waals surface area contributed by atoms with Crippen LogP contribution in [-0.4, -0.2) is 45.0 Å². The third-order valence-electron chi connectivity index (χ3n) is 3.13. The molecule has 1 aliphatic carbocycles. The van der Waals surface area contributed by atoms with Crippen molar-refractivity contribution in [2.45, 2.75) is 38.1 Å². The van der Waals surface area contributed by atoms with Gasteiger partial charge in [0.2, 0.25) is 10.0 Å². The molecule has 6 nitrogen and oxygen atoms in total. The van der Waals surface area contributed by atoms with Crippen molar-refractivity contribution in [3.8, 4) is 0 Å².